The summed E-state index contributed by atoms with van der Waals surface area (Å²) in [6.07, 6.45) is 5.05. The number of aliphatic hydroxyl groups excluding tert-OH is 1. The summed E-state index contributed by atoms with van der Waals surface area (Å²) in [6, 6.07) is 33.6. The van der Waals surface area contributed by atoms with Gasteiger partial charge in [0, 0.05) is 41.4 Å². The number of para-hydroxylation sites is 2. The third-order valence-corrected chi connectivity index (χ3v) is 8.02. The van der Waals surface area contributed by atoms with Crippen LogP contribution in [0.25, 0.3) is 21.8 Å². The lowest BCUT2D eigenvalue weighted by Crippen LogP contribution is -2.22. The minimum atomic E-state index is 0.189. The maximum absolute atomic E-state index is 9.67. The molecule has 0 spiro atoms. The third kappa shape index (κ3) is 5.34. The van der Waals surface area contributed by atoms with Gasteiger partial charge >= 0.3 is 0 Å². The minimum Gasteiger partial charge on any atom is -0.396 e. The first-order chi connectivity index (χ1) is 20.2. The van der Waals surface area contributed by atoms with Crippen LogP contribution in [0.4, 0.5) is 11.4 Å². The van der Waals surface area contributed by atoms with E-state index in [4.69, 9.17) is 14.9 Å². The van der Waals surface area contributed by atoms with E-state index in [9.17, 15) is 5.11 Å². The molecule has 0 amide bonds. The highest BCUT2D eigenvalue weighted by atomic mass is 16.6. The second kappa shape index (κ2) is 10.8. The second-order valence-electron chi connectivity index (χ2n) is 10.9. The highest BCUT2D eigenvalue weighted by Crippen LogP contribution is 2.38. The fourth-order valence-corrected chi connectivity index (χ4v) is 5.52. The molecule has 1 aliphatic carbocycles. The lowest BCUT2D eigenvalue weighted by Gasteiger charge is -2.19. The van der Waals surface area contributed by atoms with E-state index < -0.39 is 0 Å². The molecule has 0 radical (unpaired) electrons. The Balaban J connectivity index is 1.20. The number of hydrogen-bond donors (Lipinski definition) is 1. The average Bonchev–Trinajstić information content (AvgIpc) is 3.96. The van der Waals surface area contributed by atoms with Crippen LogP contribution in [0.5, 0.6) is 0 Å². The molecule has 41 heavy (non-hydrogen) atoms. The molecule has 3 unspecified atom stereocenters. The summed E-state index contributed by atoms with van der Waals surface area (Å²) in [4.78, 5) is 0. The van der Waals surface area contributed by atoms with E-state index in [2.05, 4.69) is 72.3 Å². The van der Waals surface area contributed by atoms with Crippen LogP contribution in [0, 0.1) is 5.92 Å². The monoisotopic (exact) mass is 543 g/mol. The smallest absolute Gasteiger partial charge is 0.101 e. The quantitative estimate of drug-likeness (QED) is 0.138. The molecular formula is C34H33N5O2. The van der Waals surface area contributed by atoms with Crippen LogP contribution in [0.2, 0.25) is 0 Å². The van der Waals surface area contributed by atoms with Crippen LogP contribution in [0.15, 0.2) is 107 Å². The van der Waals surface area contributed by atoms with E-state index in [0.717, 1.165) is 42.1 Å². The standard InChI is InChI=1S/C34H33N5O2/c1-37-32-14-12-24(19-35-38(21-29-23-41-29)27-8-4-2-5-9-27)16-30(32)31-17-25(13-15-33(31)37)20-36-39(34-18-26(34)22-40)28-10-6-3-7-11-28/h2-17,19-20,26,29,34,40H,18,21-23H2,1H3/b35-19+,36-20+. The summed E-state index contributed by atoms with van der Waals surface area (Å²) < 4.78 is 7.71. The summed E-state index contributed by atoms with van der Waals surface area (Å²) in [5.41, 5.74) is 6.51. The molecule has 5 aromatic rings. The highest BCUT2D eigenvalue weighted by molar-refractivity contribution is 6.10. The maximum Gasteiger partial charge on any atom is 0.101 e. The van der Waals surface area contributed by atoms with Crippen molar-refractivity contribution in [3.63, 3.8) is 0 Å². The number of aryl methyl sites for hydroxylation is 1. The van der Waals surface area contributed by atoms with Gasteiger partial charge in [-0.25, -0.2) is 0 Å². The Morgan fingerprint density at radius 2 is 1.41 bits per heavy atom. The predicted molar refractivity (Wildman–Crippen MR) is 167 cm³/mol. The molecule has 1 aromatic heterocycles. The van der Waals surface area contributed by atoms with Gasteiger partial charge in [0.2, 0.25) is 0 Å². The number of nitrogens with zero attached hydrogens (tertiary/aromatic N) is 5. The molecule has 2 heterocycles. The SMILES string of the molecule is Cn1c2ccc(/C=N/N(CC3CO3)c3ccccc3)cc2c2cc(/C=N/N(c3ccccc3)C3CC3CO)ccc21. The topological polar surface area (TPSA) is 68.9 Å². The van der Waals surface area contributed by atoms with Crippen LogP contribution < -0.4 is 10.0 Å². The van der Waals surface area contributed by atoms with E-state index in [1.807, 2.05) is 58.8 Å². The first kappa shape index (κ1) is 25.5. The van der Waals surface area contributed by atoms with Gasteiger partial charge in [0.05, 0.1) is 43.0 Å². The van der Waals surface area contributed by atoms with Crippen molar-refractivity contribution >= 4 is 45.6 Å². The Morgan fingerprint density at radius 1 is 0.829 bits per heavy atom. The largest absolute Gasteiger partial charge is 0.396 e. The zero-order valence-corrected chi connectivity index (χ0v) is 23.0. The Labute approximate surface area is 239 Å². The molecule has 4 aromatic carbocycles. The van der Waals surface area contributed by atoms with E-state index in [-0.39, 0.29) is 24.7 Å². The number of benzene rings is 4. The minimum absolute atomic E-state index is 0.189. The number of epoxide rings is 1. The van der Waals surface area contributed by atoms with Gasteiger partial charge in [-0.3, -0.25) is 10.0 Å². The van der Waals surface area contributed by atoms with Crippen LogP contribution in [-0.2, 0) is 11.8 Å². The highest BCUT2D eigenvalue weighted by Gasteiger charge is 2.41. The zero-order chi connectivity index (χ0) is 27.8. The number of anilines is 2. The van der Waals surface area contributed by atoms with Crippen molar-refractivity contribution in [1.82, 2.24) is 4.57 Å². The Morgan fingerprint density at radius 3 is 1.98 bits per heavy atom. The predicted octanol–water partition coefficient (Wildman–Crippen LogP) is 5.79. The fourth-order valence-electron chi connectivity index (χ4n) is 5.52. The molecule has 0 bridgehead atoms. The molecule has 7 heteroatoms. The number of rotatable bonds is 10. The van der Waals surface area contributed by atoms with Gasteiger partial charge < -0.3 is 14.4 Å². The van der Waals surface area contributed by atoms with Gasteiger partial charge in [0.25, 0.3) is 0 Å². The molecule has 3 atom stereocenters. The first-order valence-electron chi connectivity index (χ1n) is 14.2. The van der Waals surface area contributed by atoms with Crippen molar-refractivity contribution in [2.45, 2.75) is 18.6 Å². The van der Waals surface area contributed by atoms with Crippen molar-refractivity contribution < 1.29 is 9.84 Å². The normalized spacial score (nSPS) is 19.9. The molecule has 1 aliphatic heterocycles. The van der Waals surface area contributed by atoms with Gasteiger partial charge in [0.1, 0.15) is 6.10 Å². The summed E-state index contributed by atoms with van der Waals surface area (Å²) in [5, 5.41) is 25.8. The number of ether oxygens (including phenoxy) is 1. The summed E-state index contributed by atoms with van der Waals surface area (Å²) >= 11 is 0. The lowest BCUT2D eigenvalue weighted by molar-refractivity contribution is 0.273. The van der Waals surface area contributed by atoms with Crippen LogP contribution in [0.1, 0.15) is 17.5 Å². The number of hydrogen-bond acceptors (Lipinski definition) is 6. The van der Waals surface area contributed by atoms with Gasteiger partial charge in [-0.1, -0.05) is 48.5 Å². The van der Waals surface area contributed by atoms with E-state index in [1.165, 1.54) is 21.8 Å². The van der Waals surface area contributed by atoms with E-state index in [0.29, 0.717) is 0 Å². The number of aliphatic hydroxyl groups is 1. The number of hydrazone groups is 2. The molecule has 2 aliphatic rings. The molecule has 7 nitrogen and oxygen atoms in total. The van der Waals surface area contributed by atoms with Gasteiger partial charge in [-0.15, -0.1) is 0 Å². The molecule has 206 valence electrons. The molecule has 1 saturated heterocycles. The molecule has 2 fully saturated rings. The summed E-state index contributed by atoms with van der Waals surface area (Å²) in [5.74, 6) is 0.266. The Kier molecular flexibility index (Phi) is 6.74. The lowest BCUT2D eigenvalue weighted by atomic mass is 10.1. The molecule has 1 saturated carbocycles. The van der Waals surface area contributed by atoms with Gasteiger partial charge in [-0.2, -0.15) is 10.2 Å². The molecule has 7 rings (SSSR count). The van der Waals surface area contributed by atoms with Crippen molar-refractivity contribution in [1.29, 1.82) is 0 Å². The number of aromatic nitrogens is 1. The molecular weight excluding hydrogens is 510 g/mol. The van der Waals surface area contributed by atoms with Gasteiger partial charge in [0.15, 0.2) is 0 Å². The average molecular weight is 544 g/mol. The molecule has 1 N–H and O–H groups in total. The van der Waals surface area contributed by atoms with E-state index >= 15 is 0 Å². The Bertz CT molecular complexity index is 1730. The van der Waals surface area contributed by atoms with Crippen molar-refractivity contribution in [3.05, 3.63) is 108 Å². The van der Waals surface area contributed by atoms with Crippen LogP contribution in [0.3, 0.4) is 0 Å². The van der Waals surface area contributed by atoms with Gasteiger partial charge in [-0.05, 0) is 66.1 Å². The maximum atomic E-state index is 9.67. The first-order valence-corrected chi connectivity index (χ1v) is 14.2. The van der Waals surface area contributed by atoms with E-state index in [1.54, 1.807) is 0 Å². The second-order valence-corrected chi connectivity index (χ2v) is 10.9. The Hall–Kier alpha value is -4.46. The summed E-state index contributed by atoms with van der Waals surface area (Å²) in [6.45, 7) is 1.71. The third-order valence-electron chi connectivity index (χ3n) is 8.02. The zero-order valence-electron chi connectivity index (χ0n) is 23.0. The number of fused-ring (bicyclic) bond motifs is 3. The fraction of sp³-hybridized carbons (Fsp3) is 0.235. The van der Waals surface area contributed by atoms with Crippen molar-refractivity contribution in [2.24, 2.45) is 23.2 Å². The van der Waals surface area contributed by atoms with Crippen molar-refractivity contribution in [2.75, 3.05) is 29.8 Å². The summed E-state index contributed by atoms with van der Waals surface area (Å²) in [7, 11) is 2.11. The van der Waals surface area contributed by atoms with Crippen LogP contribution >= 0.6 is 0 Å². The van der Waals surface area contributed by atoms with Crippen LogP contribution in [-0.4, -0.2) is 54.0 Å². The van der Waals surface area contributed by atoms with Crippen molar-refractivity contribution in [3.8, 4) is 0 Å².